The van der Waals surface area contributed by atoms with Crippen LogP contribution in [0.1, 0.15) is 37.8 Å². The Labute approximate surface area is 178 Å². The quantitative estimate of drug-likeness (QED) is 0.626. The molecular weight excluding hydrogens is 388 g/mol. The zero-order valence-corrected chi connectivity index (χ0v) is 18.0. The molecule has 0 aromatic heterocycles. The van der Waals surface area contributed by atoms with Gasteiger partial charge in [0, 0.05) is 18.1 Å². The maximum atomic E-state index is 13.0. The summed E-state index contributed by atoms with van der Waals surface area (Å²) in [6, 6.07) is 14.2. The van der Waals surface area contributed by atoms with Crippen molar-refractivity contribution < 1.29 is 14.3 Å². The Morgan fingerprint density at radius 3 is 2.48 bits per heavy atom. The molecule has 0 fully saturated rings. The van der Waals surface area contributed by atoms with Gasteiger partial charge in [0.1, 0.15) is 11.8 Å². The van der Waals surface area contributed by atoms with Crippen molar-refractivity contribution >= 4 is 23.4 Å². The van der Waals surface area contributed by atoms with Crippen molar-refractivity contribution in [3.63, 3.8) is 0 Å². The van der Waals surface area contributed by atoms with Gasteiger partial charge in [-0.05, 0) is 49.6 Å². The zero-order valence-electron chi connectivity index (χ0n) is 17.3. The molecule has 2 aromatic rings. The summed E-state index contributed by atoms with van der Waals surface area (Å²) in [5, 5.41) is 3.51. The summed E-state index contributed by atoms with van der Waals surface area (Å²) in [5.74, 6) is 0.184. The average Bonchev–Trinajstić information content (AvgIpc) is 2.71. The highest BCUT2D eigenvalue weighted by molar-refractivity contribution is 6.30. The lowest BCUT2D eigenvalue weighted by Crippen LogP contribution is -2.50. The second-order valence-electron chi connectivity index (χ2n) is 6.97. The molecule has 0 spiro atoms. The molecule has 0 aliphatic heterocycles. The number of aryl methyl sites for hydroxylation is 1. The summed E-state index contributed by atoms with van der Waals surface area (Å²) in [7, 11) is 0. The lowest BCUT2D eigenvalue weighted by Gasteiger charge is -2.30. The fourth-order valence-electron chi connectivity index (χ4n) is 3.05. The van der Waals surface area contributed by atoms with Crippen molar-refractivity contribution in [2.45, 2.75) is 46.2 Å². The van der Waals surface area contributed by atoms with Crippen molar-refractivity contribution in [2.24, 2.45) is 0 Å². The highest BCUT2D eigenvalue weighted by atomic mass is 35.5. The molecule has 0 aliphatic rings. The number of rotatable bonds is 10. The summed E-state index contributed by atoms with van der Waals surface area (Å²) < 4.78 is 5.64. The number of ether oxygens (including phenoxy) is 1. The number of halogens is 1. The van der Waals surface area contributed by atoms with Gasteiger partial charge >= 0.3 is 0 Å². The third-order valence-electron chi connectivity index (χ3n) is 4.55. The van der Waals surface area contributed by atoms with Crippen LogP contribution in [0.2, 0.25) is 5.02 Å². The molecule has 2 rings (SSSR count). The molecule has 5 nitrogen and oxygen atoms in total. The number of carbonyl (C=O) groups excluding carboxylic acids is 2. The van der Waals surface area contributed by atoms with Crippen LogP contribution in [0.3, 0.4) is 0 Å². The van der Waals surface area contributed by atoms with Gasteiger partial charge in [-0.3, -0.25) is 9.59 Å². The molecule has 156 valence electrons. The zero-order chi connectivity index (χ0) is 21.2. The average molecular weight is 417 g/mol. The van der Waals surface area contributed by atoms with Crippen LogP contribution >= 0.6 is 11.6 Å². The standard InChI is InChI=1S/C23H29ClN2O3/c1-4-13-25-23(28)21(5-2)26(15-18-8-6-7-17(3)14-18)22(27)16-29-20-11-9-19(24)10-12-20/h6-12,14,21H,4-5,13,15-16H2,1-3H3,(H,25,28)/t21-/m0/s1. The Morgan fingerprint density at radius 2 is 1.86 bits per heavy atom. The van der Waals surface area contributed by atoms with Gasteiger partial charge in [-0.25, -0.2) is 0 Å². The van der Waals surface area contributed by atoms with Crippen molar-refractivity contribution in [1.29, 1.82) is 0 Å². The minimum absolute atomic E-state index is 0.137. The van der Waals surface area contributed by atoms with E-state index in [1.54, 1.807) is 29.2 Å². The van der Waals surface area contributed by atoms with E-state index in [2.05, 4.69) is 5.32 Å². The van der Waals surface area contributed by atoms with Gasteiger partial charge in [-0.1, -0.05) is 55.3 Å². The molecule has 2 amide bonds. The number of carbonyl (C=O) groups is 2. The first-order chi connectivity index (χ1) is 13.9. The Balaban J connectivity index is 2.17. The maximum absolute atomic E-state index is 13.0. The Morgan fingerprint density at radius 1 is 1.14 bits per heavy atom. The first-order valence-corrected chi connectivity index (χ1v) is 10.3. The van der Waals surface area contributed by atoms with Gasteiger partial charge in [0.05, 0.1) is 0 Å². The van der Waals surface area contributed by atoms with E-state index in [0.717, 1.165) is 17.5 Å². The molecule has 2 aromatic carbocycles. The molecule has 29 heavy (non-hydrogen) atoms. The first-order valence-electron chi connectivity index (χ1n) is 9.95. The van der Waals surface area contributed by atoms with Crippen LogP contribution in [0.5, 0.6) is 5.75 Å². The second-order valence-corrected chi connectivity index (χ2v) is 7.40. The molecule has 0 radical (unpaired) electrons. The summed E-state index contributed by atoms with van der Waals surface area (Å²) in [6.45, 7) is 6.70. The van der Waals surface area contributed by atoms with Gasteiger partial charge < -0.3 is 15.0 Å². The van der Waals surface area contributed by atoms with Crippen LogP contribution in [-0.4, -0.2) is 35.9 Å². The van der Waals surface area contributed by atoms with Crippen LogP contribution in [0.25, 0.3) is 0 Å². The molecule has 1 atom stereocenters. The summed E-state index contributed by atoms with van der Waals surface area (Å²) >= 11 is 5.89. The van der Waals surface area contributed by atoms with E-state index < -0.39 is 6.04 Å². The molecule has 6 heteroatoms. The van der Waals surface area contributed by atoms with Crippen LogP contribution in [0.15, 0.2) is 48.5 Å². The summed E-state index contributed by atoms with van der Waals surface area (Å²) in [6.07, 6.45) is 1.36. The number of amides is 2. The monoisotopic (exact) mass is 416 g/mol. The number of hydrogen-bond acceptors (Lipinski definition) is 3. The van der Waals surface area contributed by atoms with Gasteiger partial charge in [-0.15, -0.1) is 0 Å². The highest BCUT2D eigenvalue weighted by Crippen LogP contribution is 2.17. The molecule has 1 N–H and O–H groups in total. The molecule has 0 saturated heterocycles. The van der Waals surface area contributed by atoms with E-state index >= 15 is 0 Å². The van der Waals surface area contributed by atoms with Gasteiger partial charge in [-0.2, -0.15) is 0 Å². The fraction of sp³-hybridized carbons (Fsp3) is 0.391. The van der Waals surface area contributed by atoms with Crippen LogP contribution in [-0.2, 0) is 16.1 Å². The van der Waals surface area contributed by atoms with Crippen LogP contribution < -0.4 is 10.1 Å². The number of benzene rings is 2. The van der Waals surface area contributed by atoms with E-state index in [1.165, 1.54) is 0 Å². The Hall–Kier alpha value is -2.53. The predicted molar refractivity (Wildman–Crippen MR) is 116 cm³/mol. The fourth-order valence-corrected chi connectivity index (χ4v) is 3.18. The summed E-state index contributed by atoms with van der Waals surface area (Å²) in [5.41, 5.74) is 2.09. The lowest BCUT2D eigenvalue weighted by atomic mass is 10.1. The van der Waals surface area contributed by atoms with Crippen LogP contribution in [0.4, 0.5) is 0 Å². The minimum Gasteiger partial charge on any atom is -0.484 e. The van der Waals surface area contributed by atoms with Crippen molar-refractivity contribution in [3.05, 3.63) is 64.7 Å². The van der Waals surface area contributed by atoms with Crippen molar-refractivity contribution in [3.8, 4) is 5.75 Å². The normalized spacial score (nSPS) is 11.6. The Kier molecular flexibility index (Phi) is 9.00. The third-order valence-corrected chi connectivity index (χ3v) is 4.80. The van der Waals surface area contributed by atoms with E-state index in [9.17, 15) is 9.59 Å². The van der Waals surface area contributed by atoms with Gasteiger partial charge in [0.2, 0.25) is 5.91 Å². The first kappa shape index (κ1) is 22.8. The number of nitrogens with zero attached hydrogens (tertiary/aromatic N) is 1. The van der Waals surface area contributed by atoms with E-state index in [-0.39, 0.29) is 18.4 Å². The number of nitrogens with one attached hydrogen (secondary N) is 1. The molecule has 0 bridgehead atoms. The number of hydrogen-bond donors (Lipinski definition) is 1. The topological polar surface area (TPSA) is 58.6 Å². The lowest BCUT2D eigenvalue weighted by molar-refractivity contribution is -0.143. The molecular formula is C23H29ClN2O3. The molecule has 0 heterocycles. The van der Waals surface area contributed by atoms with Crippen molar-refractivity contribution in [1.82, 2.24) is 10.2 Å². The van der Waals surface area contributed by atoms with Gasteiger partial charge in [0.15, 0.2) is 6.61 Å². The Bertz CT molecular complexity index is 808. The SMILES string of the molecule is CCCNC(=O)[C@H](CC)N(Cc1cccc(C)c1)C(=O)COc1ccc(Cl)cc1. The van der Waals surface area contributed by atoms with Crippen molar-refractivity contribution in [2.75, 3.05) is 13.2 Å². The molecule has 0 unspecified atom stereocenters. The summed E-state index contributed by atoms with van der Waals surface area (Å²) in [4.78, 5) is 27.3. The van der Waals surface area contributed by atoms with E-state index in [4.69, 9.17) is 16.3 Å². The maximum Gasteiger partial charge on any atom is 0.261 e. The predicted octanol–water partition coefficient (Wildman–Crippen LogP) is 4.36. The van der Waals surface area contributed by atoms with Gasteiger partial charge in [0.25, 0.3) is 5.91 Å². The highest BCUT2D eigenvalue weighted by Gasteiger charge is 2.28. The van der Waals surface area contributed by atoms with E-state index in [1.807, 2.05) is 45.0 Å². The van der Waals surface area contributed by atoms with Crippen LogP contribution in [0, 0.1) is 6.92 Å². The third kappa shape index (κ3) is 7.09. The van der Waals surface area contributed by atoms with E-state index in [0.29, 0.717) is 30.3 Å². The molecule has 0 saturated carbocycles. The second kappa shape index (κ2) is 11.5. The molecule has 0 aliphatic carbocycles. The minimum atomic E-state index is -0.552. The smallest absolute Gasteiger partial charge is 0.261 e. The largest absolute Gasteiger partial charge is 0.484 e.